The maximum absolute atomic E-state index is 8.96. The van der Waals surface area contributed by atoms with Crippen molar-refractivity contribution in [3.63, 3.8) is 0 Å². The van der Waals surface area contributed by atoms with Crippen molar-refractivity contribution in [2.45, 2.75) is 13.3 Å². The molecule has 0 fully saturated rings. The fourth-order valence-electron chi connectivity index (χ4n) is 1.53. The average Bonchev–Trinajstić information content (AvgIpc) is 2.76. The van der Waals surface area contributed by atoms with E-state index >= 15 is 0 Å². The van der Waals surface area contributed by atoms with Gasteiger partial charge in [-0.15, -0.1) is 11.3 Å². The quantitative estimate of drug-likeness (QED) is 0.858. The standard InChI is InChI=1S/C13H11ClN2OS/c1-9-13(18-8-16-9)4-5-17-12-6-11(14)3-2-10(12)7-15/h2-3,6,8H,4-5H2,1H3. The Morgan fingerprint density at radius 2 is 2.33 bits per heavy atom. The molecule has 3 nitrogen and oxygen atoms in total. The Hall–Kier alpha value is -1.57. The van der Waals surface area contributed by atoms with Crippen molar-refractivity contribution in [3.8, 4) is 11.8 Å². The summed E-state index contributed by atoms with van der Waals surface area (Å²) >= 11 is 7.50. The van der Waals surface area contributed by atoms with Crippen LogP contribution in [-0.4, -0.2) is 11.6 Å². The molecule has 0 spiro atoms. The first kappa shape index (κ1) is 12.9. The predicted octanol–water partition coefficient (Wildman–Crippen LogP) is 3.60. The van der Waals surface area contributed by atoms with E-state index < -0.39 is 0 Å². The van der Waals surface area contributed by atoms with Crippen LogP contribution in [0.1, 0.15) is 16.1 Å². The minimum atomic E-state index is 0.500. The molecule has 5 heteroatoms. The lowest BCUT2D eigenvalue weighted by Gasteiger charge is -2.07. The summed E-state index contributed by atoms with van der Waals surface area (Å²) in [6.07, 6.45) is 0.786. The SMILES string of the molecule is Cc1ncsc1CCOc1cc(Cl)ccc1C#N. The number of ether oxygens (including phenoxy) is 1. The Kier molecular flexibility index (Phi) is 4.19. The Labute approximate surface area is 115 Å². The molecule has 0 saturated carbocycles. The Morgan fingerprint density at radius 3 is 3.00 bits per heavy atom. The highest BCUT2D eigenvalue weighted by atomic mass is 35.5. The molecule has 0 amide bonds. The van der Waals surface area contributed by atoms with Crippen LogP contribution in [0.5, 0.6) is 5.75 Å². The smallest absolute Gasteiger partial charge is 0.138 e. The largest absolute Gasteiger partial charge is 0.492 e. The van der Waals surface area contributed by atoms with Crippen molar-refractivity contribution >= 4 is 22.9 Å². The molecule has 0 bridgehead atoms. The van der Waals surface area contributed by atoms with Crippen LogP contribution in [0.4, 0.5) is 0 Å². The number of hydrogen-bond acceptors (Lipinski definition) is 4. The molecular formula is C13H11ClN2OS. The number of rotatable bonds is 4. The highest BCUT2D eigenvalue weighted by Crippen LogP contribution is 2.23. The number of aromatic nitrogens is 1. The number of thiazole rings is 1. The zero-order chi connectivity index (χ0) is 13.0. The van der Waals surface area contributed by atoms with E-state index in [4.69, 9.17) is 21.6 Å². The van der Waals surface area contributed by atoms with Gasteiger partial charge in [-0.25, -0.2) is 4.98 Å². The summed E-state index contributed by atoms with van der Waals surface area (Å²) in [6, 6.07) is 7.09. The van der Waals surface area contributed by atoms with Crippen LogP contribution in [0, 0.1) is 18.3 Å². The molecule has 0 saturated heterocycles. The zero-order valence-corrected chi connectivity index (χ0v) is 11.4. The van der Waals surface area contributed by atoms with Gasteiger partial charge in [0.05, 0.1) is 23.4 Å². The van der Waals surface area contributed by atoms with Crippen molar-refractivity contribution in [3.05, 3.63) is 44.9 Å². The summed E-state index contributed by atoms with van der Waals surface area (Å²) in [5.41, 5.74) is 3.36. The van der Waals surface area contributed by atoms with Crippen LogP contribution < -0.4 is 4.74 Å². The third kappa shape index (κ3) is 3.00. The van der Waals surface area contributed by atoms with Crippen molar-refractivity contribution < 1.29 is 4.74 Å². The molecule has 0 unspecified atom stereocenters. The maximum Gasteiger partial charge on any atom is 0.138 e. The molecular weight excluding hydrogens is 268 g/mol. The molecule has 0 N–H and O–H groups in total. The fourth-order valence-corrected chi connectivity index (χ4v) is 2.45. The molecule has 92 valence electrons. The van der Waals surface area contributed by atoms with E-state index in [2.05, 4.69) is 11.1 Å². The first-order valence-corrected chi connectivity index (χ1v) is 6.68. The van der Waals surface area contributed by atoms with Gasteiger partial charge in [0.1, 0.15) is 11.8 Å². The fraction of sp³-hybridized carbons (Fsp3) is 0.231. The van der Waals surface area contributed by atoms with Crippen LogP contribution in [0.15, 0.2) is 23.7 Å². The van der Waals surface area contributed by atoms with Gasteiger partial charge in [-0.2, -0.15) is 5.26 Å². The second-order valence-electron chi connectivity index (χ2n) is 3.71. The van der Waals surface area contributed by atoms with E-state index in [1.54, 1.807) is 29.5 Å². The van der Waals surface area contributed by atoms with Gasteiger partial charge in [0.25, 0.3) is 0 Å². The predicted molar refractivity (Wildman–Crippen MR) is 72.2 cm³/mol. The van der Waals surface area contributed by atoms with Crippen molar-refractivity contribution in [2.75, 3.05) is 6.61 Å². The molecule has 0 radical (unpaired) electrons. The van der Waals surface area contributed by atoms with E-state index in [0.717, 1.165) is 12.1 Å². The number of hydrogen-bond donors (Lipinski definition) is 0. The third-order valence-corrected chi connectivity index (χ3v) is 3.73. The molecule has 18 heavy (non-hydrogen) atoms. The van der Waals surface area contributed by atoms with Crippen LogP contribution >= 0.6 is 22.9 Å². The Balaban J connectivity index is 2.00. The first-order chi connectivity index (χ1) is 8.70. The third-order valence-electron chi connectivity index (χ3n) is 2.50. The molecule has 1 aromatic carbocycles. The average molecular weight is 279 g/mol. The van der Waals surface area contributed by atoms with E-state index in [1.165, 1.54) is 4.88 Å². The van der Waals surface area contributed by atoms with Crippen molar-refractivity contribution in [2.24, 2.45) is 0 Å². The summed E-state index contributed by atoms with van der Waals surface area (Å²) in [6.45, 7) is 2.49. The molecule has 1 heterocycles. The second kappa shape index (κ2) is 5.85. The minimum Gasteiger partial charge on any atom is -0.492 e. The summed E-state index contributed by atoms with van der Waals surface area (Å²) in [7, 11) is 0. The minimum absolute atomic E-state index is 0.500. The highest BCUT2D eigenvalue weighted by Gasteiger charge is 2.06. The monoisotopic (exact) mass is 278 g/mol. The van der Waals surface area contributed by atoms with Crippen LogP contribution in [0.3, 0.4) is 0 Å². The van der Waals surface area contributed by atoms with E-state index in [-0.39, 0.29) is 0 Å². The van der Waals surface area contributed by atoms with Crippen LogP contribution in [-0.2, 0) is 6.42 Å². The number of nitriles is 1. The van der Waals surface area contributed by atoms with E-state index in [9.17, 15) is 0 Å². The van der Waals surface area contributed by atoms with Gasteiger partial charge >= 0.3 is 0 Å². The van der Waals surface area contributed by atoms with Crippen molar-refractivity contribution in [1.82, 2.24) is 4.98 Å². The van der Waals surface area contributed by atoms with Gasteiger partial charge in [-0.1, -0.05) is 11.6 Å². The van der Waals surface area contributed by atoms with Gasteiger partial charge in [-0.3, -0.25) is 0 Å². The Morgan fingerprint density at radius 1 is 1.50 bits per heavy atom. The summed E-state index contributed by atoms with van der Waals surface area (Å²) in [5.74, 6) is 0.534. The molecule has 2 aromatic rings. The van der Waals surface area contributed by atoms with Crippen molar-refractivity contribution in [1.29, 1.82) is 5.26 Å². The van der Waals surface area contributed by atoms with Gasteiger partial charge in [0.15, 0.2) is 0 Å². The highest BCUT2D eigenvalue weighted by molar-refractivity contribution is 7.09. The summed E-state index contributed by atoms with van der Waals surface area (Å²) in [4.78, 5) is 5.38. The van der Waals surface area contributed by atoms with Crippen LogP contribution in [0.2, 0.25) is 5.02 Å². The molecule has 2 rings (SSSR count). The summed E-state index contributed by atoms with van der Waals surface area (Å²) < 4.78 is 5.61. The topological polar surface area (TPSA) is 45.9 Å². The van der Waals surface area contributed by atoms with Gasteiger partial charge in [0.2, 0.25) is 0 Å². The van der Waals surface area contributed by atoms with Crippen LogP contribution in [0.25, 0.3) is 0 Å². The lowest BCUT2D eigenvalue weighted by molar-refractivity contribution is 0.322. The molecule has 1 aromatic heterocycles. The first-order valence-electron chi connectivity index (χ1n) is 5.42. The van der Waals surface area contributed by atoms with E-state index in [0.29, 0.717) is 22.9 Å². The van der Waals surface area contributed by atoms with E-state index in [1.807, 2.05) is 12.4 Å². The molecule has 0 aliphatic carbocycles. The lowest BCUT2D eigenvalue weighted by atomic mass is 10.2. The molecule has 0 aliphatic heterocycles. The molecule has 0 aliphatic rings. The molecule has 0 atom stereocenters. The normalized spacial score (nSPS) is 10.1. The number of benzene rings is 1. The summed E-state index contributed by atoms with van der Waals surface area (Å²) in [5, 5.41) is 9.52. The zero-order valence-electron chi connectivity index (χ0n) is 9.81. The van der Waals surface area contributed by atoms with Gasteiger partial charge in [0, 0.05) is 22.4 Å². The lowest BCUT2D eigenvalue weighted by Crippen LogP contribution is -2.02. The van der Waals surface area contributed by atoms with Gasteiger partial charge in [-0.05, 0) is 19.1 Å². The number of halogens is 1. The number of nitrogens with zero attached hydrogens (tertiary/aromatic N) is 2. The van der Waals surface area contributed by atoms with Gasteiger partial charge < -0.3 is 4.74 Å². The Bertz CT molecular complexity index is 589. The maximum atomic E-state index is 8.96. The number of aryl methyl sites for hydroxylation is 1. The second-order valence-corrected chi connectivity index (χ2v) is 5.09.